The topological polar surface area (TPSA) is 77.8 Å². The van der Waals surface area contributed by atoms with Crippen molar-refractivity contribution in [1.29, 1.82) is 0 Å². The predicted molar refractivity (Wildman–Crippen MR) is 74.5 cm³/mol. The molecular formula is C15H14ClNO4. The number of nitrogens with zero attached hydrogens (tertiary/aromatic N) is 1. The third kappa shape index (κ3) is 1.59. The fraction of sp³-hybridized carbons (Fsp3) is 0.467. The van der Waals surface area contributed by atoms with Gasteiger partial charge in [0.15, 0.2) is 0 Å². The number of benzene rings is 1. The third-order valence-electron chi connectivity index (χ3n) is 5.16. The molecule has 0 spiro atoms. The number of rotatable bonds is 1. The zero-order valence-corrected chi connectivity index (χ0v) is 11.8. The highest BCUT2D eigenvalue weighted by atomic mass is 35.5. The highest BCUT2D eigenvalue weighted by molar-refractivity contribution is 6.31. The van der Waals surface area contributed by atoms with E-state index in [9.17, 15) is 19.8 Å². The monoisotopic (exact) mass is 307 g/mol. The van der Waals surface area contributed by atoms with Crippen molar-refractivity contribution in [2.24, 2.45) is 23.7 Å². The number of hydrogen-bond acceptors (Lipinski definition) is 4. The van der Waals surface area contributed by atoms with Gasteiger partial charge >= 0.3 is 0 Å². The molecule has 1 saturated heterocycles. The molecular weight excluding hydrogens is 294 g/mol. The highest BCUT2D eigenvalue weighted by Crippen LogP contribution is 2.56. The van der Waals surface area contributed by atoms with Crippen LogP contribution in [0.3, 0.4) is 0 Å². The predicted octanol–water partition coefficient (Wildman–Crippen LogP) is 0.817. The van der Waals surface area contributed by atoms with Crippen molar-refractivity contribution in [3.8, 4) is 0 Å². The first kappa shape index (κ1) is 13.2. The van der Waals surface area contributed by atoms with Crippen LogP contribution in [0.25, 0.3) is 0 Å². The van der Waals surface area contributed by atoms with Crippen molar-refractivity contribution in [3.63, 3.8) is 0 Å². The molecule has 1 aromatic carbocycles. The van der Waals surface area contributed by atoms with Crippen molar-refractivity contribution in [1.82, 2.24) is 0 Å². The number of hydrogen-bond donors (Lipinski definition) is 2. The lowest BCUT2D eigenvalue weighted by molar-refractivity contribution is -0.129. The average molecular weight is 308 g/mol. The van der Waals surface area contributed by atoms with Crippen LogP contribution in [0.5, 0.6) is 0 Å². The number of aliphatic hydroxyl groups excluding tert-OH is 2. The van der Waals surface area contributed by atoms with Crippen LogP contribution in [0.4, 0.5) is 5.69 Å². The molecule has 2 amide bonds. The zero-order chi connectivity index (χ0) is 14.9. The first-order valence-electron chi connectivity index (χ1n) is 7.00. The summed E-state index contributed by atoms with van der Waals surface area (Å²) >= 11 is 5.93. The average Bonchev–Trinajstić information content (AvgIpc) is 3.04. The Kier molecular flexibility index (Phi) is 2.70. The van der Waals surface area contributed by atoms with Gasteiger partial charge in [0.2, 0.25) is 11.8 Å². The number of fused-ring (bicyclic) bond motifs is 5. The van der Waals surface area contributed by atoms with E-state index in [0.717, 1.165) is 4.90 Å². The highest BCUT2D eigenvalue weighted by Gasteiger charge is 2.67. The Morgan fingerprint density at radius 2 is 1.62 bits per heavy atom. The Balaban J connectivity index is 1.75. The Morgan fingerprint density at radius 1 is 1.05 bits per heavy atom. The summed E-state index contributed by atoms with van der Waals surface area (Å²) in [5.74, 6) is -2.25. The zero-order valence-electron chi connectivity index (χ0n) is 11.0. The molecule has 1 heterocycles. The van der Waals surface area contributed by atoms with Gasteiger partial charge in [0, 0.05) is 16.9 Å². The quantitative estimate of drug-likeness (QED) is 0.753. The molecule has 1 aromatic rings. The number of imide groups is 1. The summed E-state index contributed by atoms with van der Waals surface area (Å²) in [6.45, 7) is 0. The van der Waals surface area contributed by atoms with Crippen LogP contribution in [-0.2, 0) is 9.59 Å². The molecule has 4 rings (SSSR count). The van der Waals surface area contributed by atoms with Crippen LogP contribution in [0, 0.1) is 23.7 Å². The molecule has 6 atom stereocenters. The summed E-state index contributed by atoms with van der Waals surface area (Å²) in [6, 6.07) is 6.60. The normalized spacial score (nSPS) is 41.0. The van der Waals surface area contributed by atoms with Crippen molar-refractivity contribution in [3.05, 3.63) is 29.3 Å². The summed E-state index contributed by atoms with van der Waals surface area (Å²) in [5.41, 5.74) is 0.454. The Labute approximate surface area is 126 Å². The SMILES string of the molecule is O=C1[C@@H]2[C@@H]3C[C@H]([C@H](O)[C@H]3O)[C@@H]2C(=O)N1c1cccc(Cl)c1. The maximum absolute atomic E-state index is 12.6. The maximum Gasteiger partial charge on any atom is 0.238 e. The molecule has 0 radical (unpaired) electrons. The van der Waals surface area contributed by atoms with Crippen LogP contribution < -0.4 is 4.90 Å². The smallest absolute Gasteiger partial charge is 0.238 e. The molecule has 110 valence electrons. The van der Waals surface area contributed by atoms with Crippen molar-refractivity contribution in [2.75, 3.05) is 4.90 Å². The lowest BCUT2D eigenvalue weighted by atomic mass is 9.78. The van der Waals surface area contributed by atoms with Gasteiger partial charge < -0.3 is 10.2 Å². The van der Waals surface area contributed by atoms with E-state index in [1.54, 1.807) is 24.3 Å². The number of amides is 2. The summed E-state index contributed by atoms with van der Waals surface area (Å²) < 4.78 is 0. The second kappa shape index (κ2) is 4.29. The van der Waals surface area contributed by atoms with E-state index in [4.69, 9.17) is 11.6 Å². The van der Waals surface area contributed by atoms with Gasteiger partial charge in [-0.05, 0) is 24.6 Å². The van der Waals surface area contributed by atoms with Gasteiger partial charge in [0.05, 0.1) is 29.7 Å². The first-order chi connectivity index (χ1) is 10.0. The van der Waals surface area contributed by atoms with Crippen LogP contribution >= 0.6 is 11.6 Å². The minimum absolute atomic E-state index is 0.286. The Morgan fingerprint density at radius 3 is 2.14 bits per heavy atom. The maximum atomic E-state index is 12.6. The molecule has 1 aliphatic heterocycles. The summed E-state index contributed by atoms with van der Waals surface area (Å²) in [6.07, 6.45) is -1.28. The van der Waals surface area contributed by atoms with Crippen LogP contribution in [0.2, 0.25) is 5.02 Å². The number of aliphatic hydroxyl groups is 2. The van der Waals surface area contributed by atoms with E-state index in [0.29, 0.717) is 17.1 Å². The summed E-state index contributed by atoms with van der Waals surface area (Å²) in [7, 11) is 0. The molecule has 0 unspecified atom stereocenters. The molecule has 5 nitrogen and oxygen atoms in total. The van der Waals surface area contributed by atoms with E-state index in [-0.39, 0.29) is 23.7 Å². The number of anilines is 1. The number of carbonyl (C=O) groups is 2. The minimum atomic E-state index is -0.910. The fourth-order valence-corrected chi connectivity index (χ4v) is 4.48. The van der Waals surface area contributed by atoms with Gasteiger partial charge in [-0.3, -0.25) is 9.59 Å². The Hall–Kier alpha value is -1.43. The van der Waals surface area contributed by atoms with Crippen LogP contribution in [-0.4, -0.2) is 34.2 Å². The van der Waals surface area contributed by atoms with Crippen molar-refractivity contribution < 1.29 is 19.8 Å². The second-order valence-corrected chi connectivity index (χ2v) is 6.52. The van der Waals surface area contributed by atoms with Gasteiger partial charge in [-0.2, -0.15) is 0 Å². The second-order valence-electron chi connectivity index (χ2n) is 6.09. The van der Waals surface area contributed by atoms with Gasteiger partial charge in [0.1, 0.15) is 0 Å². The van der Waals surface area contributed by atoms with Crippen molar-refractivity contribution >= 4 is 29.1 Å². The lowest BCUT2D eigenvalue weighted by Crippen LogP contribution is -2.43. The molecule has 6 heteroatoms. The summed E-state index contributed by atoms with van der Waals surface area (Å²) in [5, 5.41) is 20.4. The van der Waals surface area contributed by atoms with E-state index < -0.39 is 24.0 Å². The van der Waals surface area contributed by atoms with E-state index in [1.165, 1.54) is 0 Å². The van der Waals surface area contributed by atoms with Crippen LogP contribution in [0.1, 0.15) is 6.42 Å². The third-order valence-corrected chi connectivity index (χ3v) is 5.39. The molecule has 2 N–H and O–H groups in total. The fourth-order valence-electron chi connectivity index (χ4n) is 4.30. The van der Waals surface area contributed by atoms with E-state index in [2.05, 4.69) is 0 Å². The lowest BCUT2D eigenvalue weighted by Gasteiger charge is -2.29. The van der Waals surface area contributed by atoms with Crippen molar-refractivity contribution in [2.45, 2.75) is 18.6 Å². The molecule has 3 aliphatic rings. The number of halogens is 1. The van der Waals surface area contributed by atoms with Gasteiger partial charge in [0.25, 0.3) is 0 Å². The summed E-state index contributed by atoms with van der Waals surface area (Å²) in [4.78, 5) is 26.4. The number of carbonyl (C=O) groups excluding carboxylic acids is 2. The standard InChI is InChI=1S/C15H14ClNO4/c16-6-2-1-3-7(4-6)17-14(20)10-8-5-9(11(10)15(17)21)13(19)12(8)18/h1-4,8-13,18-19H,5H2/t8-,9-,10-,11+,12-,13-/m0/s1. The largest absolute Gasteiger partial charge is 0.390 e. The van der Waals surface area contributed by atoms with Gasteiger partial charge in [-0.15, -0.1) is 0 Å². The molecule has 2 bridgehead atoms. The Bertz CT molecular complexity index is 616. The molecule has 2 aliphatic carbocycles. The minimum Gasteiger partial charge on any atom is -0.390 e. The van der Waals surface area contributed by atoms with Gasteiger partial charge in [-0.1, -0.05) is 17.7 Å². The molecule has 0 aromatic heterocycles. The van der Waals surface area contributed by atoms with E-state index >= 15 is 0 Å². The first-order valence-corrected chi connectivity index (χ1v) is 7.38. The molecule has 2 saturated carbocycles. The van der Waals surface area contributed by atoms with Crippen LogP contribution in [0.15, 0.2) is 24.3 Å². The molecule has 3 fully saturated rings. The van der Waals surface area contributed by atoms with Gasteiger partial charge in [-0.25, -0.2) is 4.90 Å². The van der Waals surface area contributed by atoms with E-state index in [1.807, 2.05) is 0 Å². The molecule has 21 heavy (non-hydrogen) atoms.